The molecule has 1 aliphatic rings. The summed E-state index contributed by atoms with van der Waals surface area (Å²) in [5.41, 5.74) is 1.46. The molecule has 104 valence electrons. The molecule has 0 saturated carbocycles. The Morgan fingerprint density at radius 3 is 2.63 bits per heavy atom. The fourth-order valence-electron chi connectivity index (χ4n) is 2.21. The average Bonchev–Trinajstić information content (AvgIpc) is 2.71. The zero-order valence-corrected chi connectivity index (χ0v) is 12.2. The number of ether oxygens (including phenoxy) is 1. The first kappa shape index (κ1) is 14.1. The van der Waals surface area contributed by atoms with Gasteiger partial charge in [0.15, 0.2) is 0 Å². The van der Waals surface area contributed by atoms with Crippen LogP contribution >= 0.6 is 10.7 Å². The van der Waals surface area contributed by atoms with E-state index in [-0.39, 0.29) is 18.9 Å². The lowest BCUT2D eigenvalue weighted by atomic mass is 10.1. The standard InChI is InChI=1S/C12H14ClNO4S/c1-8-10(4-3-5-11(8)18-2)14-7-9(6-12(14)15)19(13,16)17/h3-5,9H,6-7H2,1-2H3. The van der Waals surface area contributed by atoms with Crippen LogP contribution in [0.3, 0.4) is 0 Å². The number of hydrogen-bond donors (Lipinski definition) is 0. The zero-order valence-electron chi connectivity index (χ0n) is 10.6. The monoisotopic (exact) mass is 303 g/mol. The van der Waals surface area contributed by atoms with Gasteiger partial charge in [0.2, 0.25) is 15.0 Å². The summed E-state index contributed by atoms with van der Waals surface area (Å²) in [5, 5.41) is -0.854. The normalized spacial score (nSPS) is 19.8. The highest BCUT2D eigenvalue weighted by molar-refractivity contribution is 8.14. The summed E-state index contributed by atoms with van der Waals surface area (Å²) in [6.07, 6.45) is -0.0809. The van der Waals surface area contributed by atoms with E-state index in [1.807, 2.05) is 6.92 Å². The van der Waals surface area contributed by atoms with E-state index >= 15 is 0 Å². The molecule has 1 heterocycles. The molecule has 1 aliphatic heterocycles. The van der Waals surface area contributed by atoms with Crippen LogP contribution in [0.2, 0.25) is 0 Å². The number of halogens is 1. The summed E-state index contributed by atoms with van der Waals surface area (Å²) >= 11 is 0. The van der Waals surface area contributed by atoms with Gasteiger partial charge in [-0.05, 0) is 19.1 Å². The molecule has 1 amide bonds. The number of carbonyl (C=O) groups excluding carboxylic acids is 1. The van der Waals surface area contributed by atoms with Crippen molar-refractivity contribution in [1.29, 1.82) is 0 Å². The summed E-state index contributed by atoms with van der Waals surface area (Å²) in [6, 6.07) is 5.31. The summed E-state index contributed by atoms with van der Waals surface area (Å²) < 4.78 is 27.8. The quantitative estimate of drug-likeness (QED) is 0.797. The average molecular weight is 304 g/mol. The Hall–Kier alpha value is -1.27. The molecule has 1 aromatic carbocycles. The van der Waals surface area contributed by atoms with Crippen LogP contribution in [0.4, 0.5) is 5.69 Å². The van der Waals surface area contributed by atoms with E-state index in [4.69, 9.17) is 15.4 Å². The Kier molecular flexibility index (Phi) is 3.73. The Morgan fingerprint density at radius 1 is 1.42 bits per heavy atom. The van der Waals surface area contributed by atoms with Gasteiger partial charge in [0.05, 0.1) is 12.8 Å². The minimum atomic E-state index is -3.73. The number of benzene rings is 1. The number of hydrogen-bond acceptors (Lipinski definition) is 4. The second-order valence-corrected chi connectivity index (χ2v) is 7.32. The molecule has 1 saturated heterocycles. The van der Waals surface area contributed by atoms with Crippen LogP contribution in [0.15, 0.2) is 18.2 Å². The molecule has 5 nitrogen and oxygen atoms in total. The van der Waals surface area contributed by atoms with E-state index < -0.39 is 14.3 Å². The molecule has 0 aliphatic carbocycles. The van der Waals surface area contributed by atoms with Gasteiger partial charge in [0.1, 0.15) is 11.0 Å². The van der Waals surface area contributed by atoms with Crippen molar-refractivity contribution in [2.24, 2.45) is 0 Å². The van der Waals surface area contributed by atoms with E-state index in [1.165, 1.54) is 4.90 Å². The lowest BCUT2D eigenvalue weighted by molar-refractivity contribution is -0.117. The summed E-state index contributed by atoms with van der Waals surface area (Å²) in [4.78, 5) is 13.4. The molecule has 2 rings (SSSR count). The van der Waals surface area contributed by atoms with Crippen molar-refractivity contribution in [3.8, 4) is 5.75 Å². The van der Waals surface area contributed by atoms with Crippen LogP contribution < -0.4 is 9.64 Å². The van der Waals surface area contributed by atoms with E-state index in [0.717, 1.165) is 5.56 Å². The number of rotatable bonds is 3. The minimum absolute atomic E-state index is 0.0809. The highest BCUT2D eigenvalue weighted by atomic mass is 35.7. The Bertz CT molecular complexity index is 614. The van der Waals surface area contributed by atoms with Crippen molar-refractivity contribution in [3.63, 3.8) is 0 Å². The molecule has 0 bridgehead atoms. The summed E-state index contributed by atoms with van der Waals surface area (Å²) in [5.74, 6) is 0.410. The van der Waals surface area contributed by atoms with Crippen molar-refractivity contribution < 1.29 is 17.9 Å². The van der Waals surface area contributed by atoms with Crippen LogP contribution in [0, 0.1) is 6.92 Å². The van der Waals surface area contributed by atoms with Crippen molar-refractivity contribution in [2.45, 2.75) is 18.6 Å². The molecular formula is C12H14ClNO4S. The maximum atomic E-state index is 11.9. The molecule has 0 N–H and O–H groups in total. The Labute approximate surface area is 116 Å². The van der Waals surface area contributed by atoms with Gasteiger partial charge in [-0.3, -0.25) is 4.79 Å². The van der Waals surface area contributed by atoms with Crippen molar-refractivity contribution in [3.05, 3.63) is 23.8 Å². The molecule has 0 spiro atoms. The Morgan fingerprint density at radius 2 is 2.11 bits per heavy atom. The topological polar surface area (TPSA) is 63.7 Å². The molecular weight excluding hydrogens is 290 g/mol. The number of methoxy groups -OCH3 is 1. The van der Waals surface area contributed by atoms with Gasteiger partial charge in [0.25, 0.3) is 0 Å². The van der Waals surface area contributed by atoms with Crippen molar-refractivity contribution in [1.82, 2.24) is 0 Å². The summed E-state index contributed by atoms with van der Waals surface area (Å²) in [6.45, 7) is 1.91. The molecule has 1 fully saturated rings. The fourth-order valence-corrected chi connectivity index (χ4v) is 3.24. The highest BCUT2D eigenvalue weighted by Crippen LogP contribution is 2.32. The van der Waals surface area contributed by atoms with Crippen LogP contribution in [0.25, 0.3) is 0 Å². The Balaban J connectivity index is 2.36. The lowest BCUT2D eigenvalue weighted by Gasteiger charge is -2.20. The molecule has 7 heteroatoms. The van der Waals surface area contributed by atoms with E-state index in [1.54, 1.807) is 25.3 Å². The minimum Gasteiger partial charge on any atom is -0.496 e. The largest absolute Gasteiger partial charge is 0.496 e. The second kappa shape index (κ2) is 5.02. The van der Waals surface area contributed by atoms with Crippen LogP contribution in [0.5, 0.6) is 5.75 Å². The third-order valence-corrected chi connectivity index (χ3v) is 5.12. The molecule has 0 aromatic heterocycles. The van der Waals surface area contributed by atoms with Crippen molar-refractivity contribution >= 4 is 31.3 Å². The molecule has 1 aromatic rings. The number of carbonyl (C=O) groups is 1. The smallest absolute Gasteiger partial charge is 0.237 e. The third kappa shape index (κ3) is 2.69. The third-order valence-electron chi connectivity index (χ3n) is 3.25. The lowest BCUT2D eigenvalue weighted by Crippen LogP contribution is -2.27. The zero-order chi connectivity index (χ0) is 14.2. The SMILES string of the molecule is COc1cccc(N2CC(S(=O)(=O)Cl)CC2=O)c1C. The maximum absolute atomic E-state index is 11.9. The first-order valence-corrected chi connectivity index (χ1v) is 8.09. The first-order chi connectivity index (χ1) is 8.84. The van der Waals surface area contributed by atoms with E-state index in [2.05, 4.69) is 0 Å². The fraction of sp³-hybridized carbons (Fsp3) is 0.417. The van der Waals surface area contributed by atoms with Gasteiger partial charge in [-0.2, -0.15) is 0 Å². The molecule has 0 radical (unpaired) electrons. The van der Waals surface area contributed by atoms with Gasteiger partial charge in [0, 0.05) is 29.2 Å². The van der Waals surface area contributed by atoms with Crippen LogP contribution in [-0.4, -0.2) is 33.2 Å². The number of amides is 1. The number of anilines is 1. The predicted molar refractivity (Wildman–Crippen MR) is 73.3 cm³/mol. The van der Waals surface area contributed by atoms with E-state index in [9.17, 15) is 13.2 Å². The second-order valence-electron chi connectivity index (χ2n) is 4.41. The molecule has 1 unspecified atom stereocenters. The van der Waals surface area contributed by atoms with Crippen LogP contribution in [0.1, 0.15) is 12.0 Å². The van der Waals surface area contributed by atoms with Crippen LogP contribution in [-0.2, 0) is 13.8 Å². The predicted octanol–water partition coefficient (Wildman–Crippen LogP) is 1.68. The van der Waals surface area contributed by atoms with E-state index in [0.29, 0.717) is 11.4 Å². The number of nitrogens with zero attached hydrogens (tertiary/aromatic N) is 1. The highest BCUT2D eigenvalue weighted by Gasteiger charge is 2.38. The van der Waals surface area contributed by atoms with Gasteiger partial charge in [-0.25, -0.2) is 8.42 Å². The van der Waals surface area contributed by atoms with Crippen molar-refractivity contribution in [2.75, 3.05) is 18.6 Å². The first-order valence-electron chi connectivity index (χ1n) is 5.72. The van der Waals surface area contributed by atoms with Gasteiger partial charge in [-0.1, -0.05) is 6.07 Å². The van der Waals surface area contributed by atoms with Gasteiger partial charge < -0.3 is 9.64 Å². The molecule has 1 atom stereocenters. The van der Waals surface area contributed by atoms with Gasteiger partial charge in [-0.15, -0.1) is 0 Å². The summed E-state index contributed by atoms with van der Waals surface area (Å²) in [7, 11) is 3.14. The molecule has 19 heavy (non-hydrogen) atoms. The maximum Gasteiger partial charge on any atom is 0.237 e. The van der Waals surface area contributed by atoms with Gasteiger partial charge >= 0.3 is 0 Å².